The lowest BCUT2D eigenvalue weighted by atomic mass is 10.2. The number of rotatable bonds is 3. The van der Waals surface area contributed by atoms with Gasteiger partial charge in [0.15, 0.2) is 0 Å². The first-order chi connectivity index (χ1) is 8.13. The minimum absolute atomic E-state index is 0.0271. The molecular weight excluding hydrogens is 218 g/mol. The van der Waals surface area contributed by atoms with Crippen LogP contribution in [0.15, 0.2) is 30.3 Å². The zero-order chi connectivity index (χ0) is 12.4. The number of aryl methyl sites for hydroxylation is 1. The van der Waals surface area contributed by atoms with E-state index in [0.717, 1.165) is 16.6 Å². The van der Waals surface area contributed by atoms with Crippen LogP contribution in [-0.2, 0) is 16.6 Å². The highest BCUT2D eigenvalue weighted by atomic mass is 16.5. The van der Waals surface area contributed by atoms with Crippen molar-refractivity contribution in [1.82, 2.24) is 4.57 Å². The van der Waals surface area contributed by atoms with Crippen molar-refractivity contribution in [2.45, 2.75) is 12.5 Å². The Morgan fingerprint density at radius 1 is 1.47 bits per heavy atom. The van der Waals surface area contributed by atoms with Crippen LogP contribution in [0.3, 0.4) is 0 Å². The number of fused-ring (bicyclic) bond motifs is 1. The van der Waals surface area contributed by atoms with E-state index in [-0.39, 0.29) is 6.42 Å². The number of nitrogens with zero attached hydrogens (tertiary/aromatic N) is 1. The van der Waals surface area contributed by atoms with Crippen LogP contribution in [0, 0.1) is 0 Å². The summed E-state index contributed by atoms with van der Waals surface area (Å²) in [5.41, 5.74) is 1.75. The molecule has 0 aliphatic rings. The van der Waals surface area contributed by atoms with Crippen molar-refractivity contribution < 1.29 is 14.6 Å². The molecule has 0 aliphatic carbocycles. The van der Waals surface area contributed by atoms with Crippen LogP contribution in [0.25, 0.3) is 10.9 Å². The maximum Gasteiger partial charge on any atom is 0.308 e. The largest absolute Gasteiger partial charge is 0.469 e. The van der Waals surface area contributed by atoms with Crippen LogP contribution >= 0.6 is 0 Å². The summed E-state index contributed by atoms with van der Waals surface area (Å²) in [6, 6.07) is 9.73. The summed E-state index contributed by atoms with van der Waals surface area (Å²) in [6.07, 6.45) is -0.861. The number of ether oxygens (including phenoxy) is 1. The lowest BCUT2D eigenvalue weighted by molar-refractivity contribution is -0.143. The lowest BCUT2D eigenvalue weighted by Gasteiger charge is -2.10. The van der Waals surface area contributed by atoms with Crippen LogP contribution in [0.1, 0.15) is 18.2 Å². The van der Waals surface area contributed by atoms with Crippen molar-refractivity contribution in [3.63, 3.8) is 0 Å². The standard InChI is InChI=1S/C13H15NO3/c1-14-10-6-4-3-5-9(10)7-11(14)12(15)8-13(16)17-2/h3-7,12,15H,8H2,1-2H3/t12-/m0/s1. The number of aliphatic hydroxyl groups is 1. The number of benzene rings is 1. The van der Waals surface area contributed by atoms with Gasteiger partial charge in [-0.2, -0.15) is 0 Å². The molecule has 1 N–H and O–H groups in total. The Kier molecular flexibility index (Phi) is 3.15. The number of hydrogen-bond acceptors (Lipinski definition) is 3. The molecule has 1 aromatic carbocycles. The first kappa shape index (κ1) is 11.7. The fourth-order valence-corrected chi connectivity index (χ4v) is 1.98. The molecule has 0 saturated carbocycles. The number of hydrogen-bond donors (Lipinski definition) is 1. The summed E-state index contributed by atoms with van der Waals surface area (Å²) in [7, 11) is 3.19. The second kappa shape index (κ2) is 4.59. The van der Waals surface area contributed by atoms with Gasteiger partial charge in [-0.25, -0.2) is 0 Å². The molecule has 1 atom stereocenters. The lowest BCUT2D eigenvalue weighted by Crippen LogP contribution is -2.10. The summed E-state index contributed by atoms with van der Waals surface area (Å²) < 4.78 is 6.44. The molecule has 17 heavy (non-hydrogen) atoms. The van der Waals surface area contributed by atoms with E-state index in [0.29, 0.717) is 0 Å². The fourth-order valence-electron chi connectivity index (χ4n) is 1.98. The predicted molar refractivity (Wildman–Crippen MR) is 64.5 cm³/mol. The summed E-state index contributed by atoms with van der Waals surface area (Å²) in [4.78, 5) is 11.1. The van der Waals surface area contributed by atoms with Crippen LogP contribution in [0.5, 0.6) is 0 Å². The maximum atomic E-state index is 11.1. The molecule has 0 bridgehead atoms. The number of methoxy groups -OCH3 is 1. The molecule has 2 aromatic rings. The Labute approximate surface area is 99.4 Å². The second-order valence-corrected chi connectivity index (χ2v) is 3.98. The van der Waals surface area contributed by atoms with E-state index >= 15 is 0 Å². The summed E-state index contributed by atoms with van der Waals surface area (Å²) >= 11 is 0. The highest BCUT2D eigenvalue weighted by Crippen LogP contribution is 2.25. The molecule has 0 spiro atoms. The highest BCUT2D eigenvalue weighted by molar-refractivity contribution is 5.81. The fraction of sp³-hybridized carbons (Fsp3) is 0.308. The average Bonchev–Trinajstić information content (AvgIpc) is 2.67. The number of esters is 1. The van der Waals surface area contributed by atoms with E-state index in [9.17, 15) is 9.90 Å². The molecule has 90 valence electrons. The molecule has 1 heterocycles. The number of carbonyl (C=O) groups is 1. The summed E-state index contributed by atoms with van der Waals surface area (Å²) in [5.74, 6) is -0.414. The zero-order valence-corrected chi connectivity index (χ0v) is 9.88. The van der Waals surface area contributed by atoms with Gasteiger partial charge in [-0.1, -0.05) is 18.2 Å². The van der Waals surface area contributed by atoms with E-state index in [2.05, 4.69) is 4.74 Å². The minimum atomic E-state index is -0.833. The molecule has 0 saturated heterocycles. The van der Waals surface area contributed by atoms with Gasteiger partial charge in [0.1, 0.15) is 6.10 Å². The van der Waals surface area contributed by atoms with Gasteiger partial charge in [0.2, 0.25) is 0 Å². The minimum Gasteiger partial charge on any atom is -0.469 e. The summed E-state index contributed by atoms with van der Waals surface area (Å²) in [6.45, 7) is 0. The van der Waals surface area contributed by atoms with Crippen molar-refractivity contribution in [3.8, 4) is 0 Å². The average molecular weight is 233 g/mol. The van der Waals surface area contributed by atoms with Crippen LogP contribution in [0.4, 0.5) is 0 Å². The van der Waals surface area contributed by atoms with Gasteiger partial charge >= 0.3 is 5.97 Å². The molecule has 0 radical (unpaired) electrons. The number of carbonyl (C=O) groups excluding carboxylic acids is 1. The Hall–Kier alpha value is -1.81. The molecule has 4 heteroatoms. The van der Waals surface area contributed by atoms with E-state index in [1.54, 1.807) is 0 Å². The van der Waals surface area contributed by atoms with Gasteiger partial charge in [0, 0.05) is 18.3 Å². The number of para-hydroxylation sites is 1. The third kappa shape index (κ3) is 2.17. The van der Waals surface area contributed by atoms with Crippen LogP contribution < -0.4 is 0 Å². The maximum absolute atomic E-state index is 11.1. The number of aliphatic hydroxyl groups excluding tert-OH is 1. The monoisotopic (exact) mass is 233 g/mol. The Morgan fingerprint density at radius 2 is 2.18 bits per heavy atom. The molecule has 0 aliphatic heterocycles. The second-order valence-electron chi connectivity index (χ2n) is 3.98. The van der Waals surface area contributed by atoms with Gasteiger partial charge in [-0.05, 0) is 17.5 Å². The predicted octanol–water partition coefficient (Wildman–Crippen LogP) is 1.77. The highest BCUT2D eigenvalue weighted by Gasteiger charge is 2.17. The van der Waals surface area contributed by atoms with Crippen molar-refractivity contribution in [3.05, 3.63) is 36.0 Å². The van der Waals surface area contributed by atoms with Crippen molar-refractivity contribution in [1.29, 1.82) is 0 Å². The molecule has 4 nitrogen and oxygen atoms in total. The first-order valence-corrected chi connectivity index (χ1v) is 5.42. The van der Waals surface area contributed by atoms with Crippen molar-refractivity contribution in [2.75, 3.05) is 7.11 Å². The third-order valence-electron chi connectivity index (χ3n) is 2.92. The topological polar surface area (TPSA) is 51.5 Å². The van der Waals surface area contributed by atoms with Gasteiger partial charge in [-0.3, -0.25) is 4.79 Å². The van der Waals surface area contributed by atoms with Crippen LogP contribution in [0.2, 0.25) is 0 Å². The molecule has 0 amide bonds. The van der Waals surface area contributed by atoms with Gasteiger partial charge in [0.25, 0.3) is 0 Å². The van der Waals surface area contributed by atoms with E-state index in [4.69, 9.17) is 0 Å². The van der Waals surface area contributed by atoms with Crippen molar-refractivity contribution in [2.24, 2.45) is 7.05 Å². The van der Waals surface area contributed by atoms with Gasteiger partial charge in [-0.15, -0.1) is 0 Å². The van der Waals surface area contributed by atoms with Crippen molar-refractivity contribution >= 4 is 16.9 Å². The Bertz CT molecular complexity index is 545. The van der Waals surface area contributed by atoms with E-state index in [1.165, 1.54) is 7.11 Å². The van der Waals surface area contributed by atoms with Gasteiger partial charge in [0.05, 0.1) is 13.5 Å². The first-order valence-electron chi connectivity index (χ1n) is 5.42. The Morgan fingerprint density at radius 3 is 2.82 bits per heavy atom. The SMILES string of the molecule is COC(=O)C[C@H](O)c1cc2ccccc2n1C. The molecule has 1 aromatic heterocycles. The zero-order valence-electron chi connectivity index (χ0n) is 9.88. The normalized spacial score (nSPS) is 12.6. The summed E-state index contributed by atoms with van der Waals surface area (Å²) in [5, 5.41) is 11.0. The molecular formula is C13H15NO3. The smallest absolute Gasteiger partial charge is 0.308 e. The van der Waals surface area contributed by atoms with Gasteiger partial charge < -0.3 is 14.4 Å². The number of aromatic nitrogens is 1. The van der Waals surface area contributed by atoms with E-state index < -0.39 is 12.1 Å². The quantitative estimate of drug-likeness (QED) is 0.822. The van der Waals surface area contributed by atoms with E-state index in [1.807, 2.05) is 41.9 Å². The van der Waals surface area contributed by atoms with Crippen LogP contribution in [-0.4, -0.2) is 22.8 Å². The Balaban J connectivity index is 2.35. The molecule has 2 rings (SSSR count). The molecule has 0 fully saturated rings. The third-order valence-corrected chi connectivity index (χ3v) is 2.92. The molecule has 0 unspecified atom stereocenters.